The molecule has 9 nitrogen and oxygen atoms in total. The summed E-state index contributed by atoms with van der Waals surface area (Å²) in [6, 6.07) is 13.7. The van der Waals surface area contributed by atoms with Crippen LogP contribution in [0, 0.1) is 0 Å². The maximum Gasteiger partial charge on any atom is 0.308 e. The smallest absolute Gasteiger partial charge is 0.308 e. The molecule has 10 heteroatoms. The number of aliphatic imine (C=N–C) groups is 1. The van der Waals surface area contributed by atoms with Gasteiger partial charge in [-0.2, -0.15) is 0 Å². The van der Waals surface area contributed by atoms with Crippen LogP contribution in [0.25, 0.3) is 0 Å². The highest BCUT2D eigenvalue weighted by Gasteiger charge is 2.17. The highest BCUT2D eigenvalue weighted by Crippen LogP contribution is 2.33. The Morgan fingerprint density at radius 2 is 1.67 bits per heavy atom. The van der Waals surface area contributed by atoms with Crippen molar-refractivity contribution in [3.63, 3.8) is 0 Å². The summed E-state index contributed by atoms with van der Waals surface area (Å²) in [6.45, 7) is 1.32. The number of aromatic nitrogens is 1. The molecule has 0 saturated carbocycles. The number of nitrogens with zero attached hydrogens (tertiary/aromatic N) is 2. The van der Waals surface area contributed by atoms with Crippen molar-refractivity contribution in [3.05, 3.63) is 59.8 Å². The number of benzene rings is 2. The molecule has 0 bridgehead atoms. The van der Waals surface area contributed by atoms with E-state index >= 15 is 0 Å². The van der Waals surface area contributed by atoms with Crippen molar-refractivity contribution in [2.75, 3.05) is 12.4 Å². The van der Waals surface area contributed by atoms with Gasteiger partial charge in [0.05, 0.1) is 7.11 Å². The fourth-order valence-corrected chi connectivity index (χ4v) is 3.31. The minimum Gasteiger partial charge on any atom is -0.497 e. The van der Waals surface area contributed by atoms with E-state index in [1.165, 1.54) is 6.92 Å². The number of nitrogens with two attached hydrogens (primary N) is 2. The quantitative estimate of drug-likeness (QED) is 0.229. The van der Waals surface area contributed by atoms with Crippen molar-refractivity contribution in [2.45, 2.75) is 6.92 Å². The molecule has 0 aliphatic heterocycles. The SMILES string of the molecule is COc1ccc(Nc2nc(C(N)=O)c(N=C(N)c3ccc(OC(C)=O)cc3)s2)cc1. The molecule has 30 heavy (non-hydrogen) atoms. The number of amidine groups is 1. The molecule has 0 unspecified atom stereocenters. The maximum atomic E-state index is 11.8. The fourth-order valence-electron chi connectivity index (χ4n) is 2.43. The number of primary amides is 1. The molecule has 154 valence electrons. The summed E-state index contributed by atoms with van der Waals surface area (Å²) in [7, 11) is 1.58. The first-order valence-corrected chi connectivity index (χ1v) is 9.52. The molecular weight excluding hydrogens is 406 g/mol. The lowest BCUT2D eigenvalue weighted by molar-refractivity contribution is -0.131. The van der Waals surface area contributed by atoms with Gasteiger partial charge in [-0.3, -0.25) is 9.59 Å². The number of nitrogens with one attached hydrogen (secondary N) is 1. The molecule has 0 saturated heterocycles. The Hall–Kier alpha value is -3.92. The molecule has 3 aromatic rings. The number of rotatable bonds is 7. The van der Waals surface area contributed by atoms with E-state index in [9.17, 15) is 9.59 Å². The van der Waals surface area contributed by atoms with Crippen LogP contribution in [-0.4, -0.2) is 29.8 Å². The minimum atomic E-state index is -0.717. The van der Waals surface area contributed by atoms with E-state index in [1.54, 1.807) is 43.5 Å². The van der Waals surface area contributed by atoms with Gasteiger partial charge < -0.3 is 26.3 Å². The van der Waals surface area contributed by atoms with Crippen LogP contribution < -0.4 is 26.3 Å². The lowest BCUT2D eigenvalue weighted by Crippen LogP contribution is -2.14. The van der Waals surface area contributed by atoms with E-state index in [1.807, 2.05) is 12.1 Å². The monoisotopic (exact) mass is 425 g/mol. The van der Waals surface area contributed by atoms with Crippen molar-refractivity contribution in [1.29, 1.82) is 0 Å². The first-order chi connectivity index (χ1) is 14.4. The molecule has 0 radical (unpaired) electrons. The molecule has 2 aromatic carbocycles. The molecule has 0 atom stereocenters. The van der Waals surface area contributed by atoms with Crippen molar-refractivity contribution in [3.8, 4) is 11.5 Å². The van der Waals surface area contributed by atoms with Crippen LogP contribution in [0.3, 0.4) is 0 Å². The summed E-state index contributed by atoms with van der Waals surface area (Å²) in [5, 5.41) is 3.81. The summed E-state index contributed by atoms with van der Waals surface area (Å²) in [5.41, 5.74) is 12.9. The normalized spacial score (nSPS) is 11.1. The summed E-state index contributed by atoms with van der Waals surface area (Å²) < 4.78 is 10.1. The Balaban J connectivity index is 1.84. The van der Waals surface area contributed by atoms with Crippen molar-refractivity contribution in [2.24, 2.45) is 16.5 Å². The lowest BCUT2D eigenvalue weighted by Gasteiger charge is -2.04. The van der Waals surface area contributed by atoms with Crippen LogP contribution in [0.15, 0.2) is 53.5 Å². The third-order valence-electron chi connectivity index (χ3n) is 3.82. The van der Waals surface area contributed by atoms with Crippen LogP contribution in [0.5, 0.6) is 11.5 Å². The van der Waals surface area contributed by atoms with Crippen molar-refractivity contribution in [1.82, 2.24) is 4.98 Å². The van der Waals surface area contributed by atoms with Gasteiger partial charge in [0.2, 0.25) is 0 Å². The fraction of sp³-hybridized carbons (Fsp3) is 0.100. The van der Waals surface area contributed by atoms with Crippen molar-refractivity contribution < 1.29 is 19.1 Å². The van der Waals surface area contributed by atoms with Crippen LogP contribution in [0.1, 0.15) is 23.0 Å². The van der Waals surface area contributed by atoms with Crippen LogP contribution >= 0.6 is 11.3 Å². The van der Waals surface area contributed by atoms with E-state index in [0.717, 1.165) is 22.8 Å². The van der Waals surface area contributed by atoms with Gasteiger partial charge in [0.25, 0.3) is 5.91 Å². The second kappa shape index (κ2) is 9.05. The van der Waals surface area contributed by atoms with E-state index in [-0.39, 0.29) is 16.5 Å². The second-order valence-electron chi connectivity index (χ2n) is 6.01. The Kier molecular flexibility index (Phi) is 6.28. The Morgan fingerprint density at radius 3 is 2.23 bits per heavy atom. The first-order valence-electron chi connectivity index (χ1n) is 8.70. The topological polar surface area (TPSA) is 142 Å². The van der Waals surface area contributed by atoms with E-state index in [4.69, 9.17) is 20.9 Å². The first kappa shape index (κ1) is 20.8. The number of carbonyl (C=O) groups excluding carboxylic acids is 2. The highest BCUT2D eigenvalue weighted by molar-refractivity contribution is 7.19. The third kappa shape index (κ3) is 5.11. The standard InChI is InChI=1S/C20H19N5O4S/c1-11(26)29-15-7-3-12(4-8-15)17(21)25-19-16(18(22)27)24-20(30-19)23-13-5-9-14(28-2)10-6-13/h3-10H,1-2H3,(H2,21,25)(H2,22,27)(H,23,24). The van der Waals surface area contributed by atoms with Gasteiger partial charge >= 0.3 is 5.97 Å². The van der Waals surface area contributed by atoms with Gasteiger partial charge in [-0.15, -0.1) is 0 Å². The van der Waals surface area contributed by atoms with Gasteiger partial charge in [-0.25, -0.2) is 9.98 Å². The number of thiazole rings is 1. The molecule has 1 aromatic heterocycles. The maximum absolute atomic E-state index is 11.8. The van der Waals surface area contributed by atoms with Crippen LogP contribution in [0.2, 0.25) is 0 Å². The van der Waals surface area contributed by atoms with Crippen LogP contribution in [0.4, 0.5) is 15.8 Å². The zero-order valence-electron chi connectivity index (χ0n) is 16.2. The van der Waals surface area contributed by atoms with Crippen molar-refractivity contribution >= 4 is 44.9 Å². The Bertz CT molecular complexity index is 1090. The third-order valence-corrected chi connectivity index (χ3v) is 4.68. The summed E-state index contributed by atoms with van der Waals surface area (Å²) in [6.07, 6.45) is 0. The zero-order valence-corrected chi connectivity index (χ0v) is 17.0. The molecule has 1 heterocycles. The molecule has 0 aliphatic rings. The predicted octanol–water partition coefficient (Wildman–Crippen LogP) is 2.96. The number of methoxy groups -OCH3 is 1. The summed E-state index contributed by atoms with van der Waals surface area (Å²) in [4.78, 5) is 31.3. The number of hydrogen-bond donors (Lipinski definition) is 3. The number of esters is 1. The minimum absolute atomic E-state index is 0.00972. The molecule has 1 amide bonds. The summed E-state index contributed by atoms with van der Waals surface area (Å²) >= 11 is 1.14. The Morgan fingerprint density at radius 1 is 1.03 bits per heavy atom. The van der Waals surface area contributed by atoms with E-state index in [0.29, 0.717) is 16.4 Å². The molecule has 3 rings (SSSR count). The molecular formula is C20H19N5O4S. The average molecular weight is 425 g/mol. The van der Waals surface area contributed by atoms with Gasteiger partial charge in [0.1, 0.15) is 17.3 Å². The van der Waals surface area contributed by atoms with Gasteiger partial charge in [0.15, 0.2) is 15.8 Å². The molecule has 0 aliphatic carbocycles. The van der Waals surface area contributed by atoms with Gasteiger partial charge in [-0.05, 0) is 48.5 Å². The predicted molar refractivity (Wildman–Crippen MR) is 115 cm³/mol. The molecule has 0 fully saturated rings. The number of amides is 1. The number of hydrogen-bond acceptors (Lipinski definition) is 8. The number of anilines is 2. The molecule has 0 spiro atoms. The van der Waals surface area contributed by atoms with Gasteiger partial charge in [-0.1, -0.05) is 11.3 Å². The Labute approximate surface area is 176 Å². The second-order valence-corrected chi connectivity index (χ2v) is 6.98. The lowest BCUT2D eigenvalue weighted by atomic mass is 10.2. The number of carbonyl (C=O) groups is 2. The zero-order chi connectivity index (χ0) is 21.7. The molecule has 5 N–H and O–H groups in total. The number of ether oxygens (including phenoxy) is 2. The van der Waals surface area contributed by atoms with E-state index < -0.39 is 11.9 Å². The van der Waals surface area contributed by atoms with Crippen LogP contribution in [-0.2, 0) is 4.79 Å². The van der Waals surface area contributed by atoms with E-state index in [2.05, 4.69) is 15.3 Å². The largest absolute Gasteiger partial charge is 0.497 e. The highest BCUT2D eigenvalue weighted by atomic mass is 32.1. The summed E-state index contributed by atoms with van der Waals surface area (Å²) in [5.74, 6) is 0.130. The average Bonchev–Trinajstić information content (AvgIpc) is 3.11. The van der Waals surface area contributed by atoms with Gasteiger partial charge in [0, 0.05) is 18.2 Å².